The van der Waals surface area contributed by atoms with E-state index in [1.807, 2.05) is 24.3 Å². The number of hydrogen-bond acceptors (Lipinski definition) is 5. The van der Waals surface area contributed by atoms with Gasteiger partial charge in [-0.1, -0.05) is 71.7 Å². The standard InChI is InChI=1S/C25H14Cl2O5/c26-16-11-17-22(29)25(23(14-6-2-1-3-7-14)32-24(17)18(27)12-16)30-13-19(28)21-10-15-8-4-5-9-20(15)31-21/h1-12H,13H2. The number of carbonyl (C=O) groups is 1. The Kier molecular flexibility index (Phi) is 5.21. The van der Waals surface area contributed by atoms with Gasteiger partial charge in [-0.2, -0.15) is 0 Å². The molecule has 0 saturated heterocycles. The first-order valence-electron chi connectivity index (χ1n) is 9.67. The zero-order valence-electron chi connectivity index (χ0n) is 16.4. The molecule has 0 unspecified atom stereocenters. The molecule has 0 N–H and O–H groups in total. The van der Waals surface area contributed by atoms with E-state index >= 15 is 0 Å². The Morgan fingerprint density at radius 3 is 2.44 bits per heavy atom. The van der Waals surface area contributed by atoms with E-state index in [4.69, 9.17) is 36.8 Å². The number of rotatable bonds is 5. The van der Waals surface area contributed by atoms with Crippen molar-refractivity contribution >= 4 is 50.9 Å². The van der Waals surface area contributed by atoms with Crippen LogP contribution in [0.25, 0.3) is 33.3 Å². The lowest BCUT2D eigenvalue weighted by Crippen LogP contribution is -2.16. The largest absolute Gasteiger partial charge is 0.478 e. The van der Waals surface area contributed by atoms with E-state index in [1.54, 1.807) is 36.4 Å². The maximum absolute atomic E-state index is 13.3. The number of ether oxygens (including phenoxy) is 1. The van der Waals surface area contributed by atoms with Gasteiger partial charge in [0.25, 0.3) is 0 Å². The van der Waals surface area contributed by atoms with Crippen molar-refractivity contribution in [1.82, 2.24) is 0 Å². The van der Waals surface area contributed by atoms with E-state index in [0.717, 1.165) is 5.39 Å². The average molecular weight is 465 g/mol. The summed E-state index contributed by atoms with van der Waals surface area (Å²) in [5.74, 6) is -0.205. The Balaban J connectivity index is 1.58. The highest BCUT2D eigenvalue weighted by molar-refractivity contribution is 6.38. The van der Waals surface area contributed by atoms with Gasteiger partial charge in [0.05, 0.1) is 10.4 Å². The average Bonchev–Trinajstić information content (AvgIpc) is 3.24. The van der Waals surface area contributed by atoms with Crippen molar-refractivity contribution in [2.75, 3.05) is 6.61 Å². The summed E-state index contributed by atoms with van der Waals surface area (Å²) in [6.07, 6.45) is 0. The van der Waals surface area contributed by atoms with Crippen LogP contribution in [0.15, 0.2) is 86.4 Å². The van der Waals surface area contributed by atoms with Gasteiger partial charge in [0, 0.05) is 16.0 Å². The van der Waals surface area contributed by atoms with Crippen molar-refractivity contribution in [3.63, 3.8) is 0 Å². The van der Waals surface area contributed by atoms with Crippen LogP contribution in [0.3, 0.4) is 0 Å². The highest BCUT2D eigenvalue weighted by atomic mass is 35.5. The van der Waals surface area contributed by atoms with Crippen LogP contribution >= 0.6 is 23.2 Å². The zero-order chi connectivity index (χ0) is 22.2. The molecular formula is C25H14Cl2O5. The van der Waals surface area contributed by atoms with E-state index in [2.05, 4.69) is 0 Å². The van der Waals surface area contributed by atoms with Gasteiger partial charge in [0.1, 0.15) is 5.58 Å². The lowest BCUT2D eigenvalue weighted by molar-refractivity contribution is 0.0894. The number of para-hydroxylation sites is 1. The van der Waals surface area contributed by atoms with Crippen LogP contribution in [0.5, 0.6) is 5.75 Å². The molecule has 2 aromatic heterocycles. The summed E-state index contributed by atoms with van der Waals surface area (Å²) in [4.78, 5) is 26.0. The van der Waals surface area contributed by atoms with Gasteiger partial charge in [0.2, 0.25) is 17.0 Å². The summed E-state index contributed by atoms with van der Waals surface area (Å²) in [6.45, 7) is -0.412. The lowest BCUT2D eigenvalue weighted by atomic mass is 10.1. The van der Waals surface area contributed by atoms with E-state index in [0.29, 0.717) is 11.1 Å². The van der Waals surface area contributed by atoms with E-state index in [9.17, 15) is 9.59 Å². The van der Waals surface area contributed by atoms with Crippen LogP contribution in [0.4, 0.5) is 0 Å². The summed E-state index contributed by atoms with van der Waals surface area (Å²) in [5.41, 5.74) is 0.904. The number of carbonyl (C=O) groups excluding carboxylic acids is 1. The molecule has 0 bridgehead atoms. The van der Waals surface area contributed by atoms with Crippen molar-refractivity contribution in [3.05, 3.63) is 98.8 Å². The highest BCUT2D eigenvalue weighted by Gasteiger charge is 2.22. The molecule has 0 aliphatic rings. The smallest absolute Gasteiger partial charge is 0.235 e. The molecule has 0 spiro atoms. The number of fused-ring (bicyclic) bond motifs is 2. The van der Waals surface area contributed by atoms with Gasteiger partial charge in [-0.05, 0) is 24.3 Å². The van der Waals surface area contributed by atoms with Crippen LogP contribution < -0.4 is 10.2 Å². The molecule has 7 heteroatoms. The lowest BCUT2D eigenvalue weighted by Gasteiger charge is -2.12. The molecule has 0 aliphatic heterocycles. The number of ketones is 1. The fourth-order valence-corrected chi connectivity index (χ4v) is 3.98. The Labute approximate surface area is 191 Å². The van der Waals surface area contributed by atoms with E-state index in [1.165, 1.54) is 12.1 Å². The van der Waals surface area contributed by atoms with Gasteiger partial charge in [-0.25, -0.2) is 0 Å². The predicted molar refractivity (Wildman–Crippen MR) is 124 cm³/mol. The number of Topliss-reactive ketones (excluding diaryl/α,β-unsaturated/α-hetero) is 1. The molecule has 3 aromatic carbocycles. The molecule has 5 rings (SSSR count). The number of hydrogen-bond donors (Lipinski definition) is 0. The maximum atomic E-state index is 13.3. The maximum Gasteiger partial charge on any atom is 0.235 e. The molecule has 32 heavy (non-hydrogen) atoms. The van der Waals surface area contributed by atoms with E-state index in [-0.39, 0.29) is 38.3 Å². The minimum absolute atomic E-state index is 0.105. The minimum Gasteiger partial charge on any atom is -0.478 e. The first-order chi connectivity index (χ1) is 15.5. The predicted octanol–water partition coefficient (Wildman–Crippen LogP) is 6.77. The molecule has 158 valence electrons. The minimum atomic E-state index is -0.480. The van der Waals surface area contributed by atoms with Gasteiger partial charge in [-0.15, -0.1) is 0 Å². The first kappa shape index (κ1) is 20.4. The third-order valence-electron chi connectivity index (χ3n) is 4.95. The van der Waals surface area contributed by atoms with Gasteiger partial charge in [0.15, 0.2) is 23.7 Å². The summed E-state index contributed by atoms with van der Waals surface area (Å²) in [6, 6.07) is 20.8. The summed E-state index contributed by atoms with van der Waals surface area (Å²) in [7, 11) is 0. The van der Waals surface area contributed by atoms with Crippen molar-refractivity contribution in [2.24, 2.45) is 0 Å². The second-order valence-corrected chi connectivity index (χ2v) is 7.92. The van der Waals surface area contributed by atoms with Gasteiger partial charge >= 0.3 is 0 Å². The van der Waals surface area contributed by atoms with Crippen LogP contribution in [-0.4, -0.2) is 12.4 Å². The van der Waals surface area contributed by atoms with Crippen molar-refractivity contribution < 1.29 is 18.4 Å². The number of benzene rings is 3. The van der Waals surface area contributed by atoms with Crippen molar-refractivity contribution in [1.29, 1.82) is 0 Å². The van der Waals surface area contributed by atoms with Gasteiger partial charge in [-0.3, -0.25) is 9.59 Å². The number of furan rings is 1. The zero-order valence-corrected chi connectivity index (χ0v) is 17.9. The fraction of sp³-hybridized carbons (Fsp3) is 0.0400. The second-order valence-electron chi connectivity index (χ2n) is 7.08. The van der Waals surface area contributed by atoms with Crippen LogP contribution in [-0.2, 0) is 0 Å². The molecule has 0 amide bonds. The molecule has 5 nitrogen and oxygen atoms in total. The first-order valence-corrected chi connectivity index (χ1v) is 10.4. The van der Waals surface area contributed by atoms with Crippen LogP contribution in [0.1, 0.15) is 10.6 Å². The second kappa shape index (κ2) is 8.19. The molecule has 0 aliphatic carbocycles. The molecule has 0 fully saturated rings. The highest BCUT2D eigenvalue weighted by Crippen LogP contribution is 2.35. The normalized spacial score (nSPS) is 11.2. The molecular weight excluding hydrogens is 451 g/mol. The number of halogens is 2. The fourth-order valence-electron chi connectivity index (χ4n) is 3.45. The molecule has 0 radical (unpaired) electrons. The Morgan fingerprint density at radius 2 is 1.66 bits per heavy atom. The SMILES string of the molecule is O=C(COc1c(-c2ccccc2)oc2c(Cl)cc(Cl)cc2c1=O)c1cc2ccccc2o1. The molecule has 0 atom stereocenters. The summed E-state index contributed by atoms with van der Waals surface area (Å²) >= 11 is 12.3. The van der Waals surface area contributed by atoms with E-state index < -0.39 is 17.8 Å². The monoisotopic (exact) mass is 464 g/mol. The van der Waals surface area contributed by atoms with Crippen LogP contribution in [0, 0.1) is 0 Å². The quantitative estimate of drug-likeness (QED) is 0.268. The molecule has 5 aromatic rings. The van der Waals surface area contributed by atoms with Gasteiger partial charge < -0.3 is 13.6 Å². The Hall–Kier alpha value is -3.54. The third-order valence-corrected chi connectivity index (χ3v) is 5.45. The molecule has 2 heterocycles. The third kappa shape index (κ3) is 3.66. The molecule has 0 saturated carbocycles. The Morgan fingerprint density at radius 1 is 0.906 bits per heavy atom. The summed E-state index contributed by atoms with van der Waals surface area (Å²) < 4.78 is 17.3. The van der Waals surface area contributed by atoms with Crippen molar-refractivity contribution in [3.8, 4) is 17.1 Å². The topological polar surface area (TPSA) is 69.7 Å². The van der Waals surface area contributed by atoms with Crippen molar-refractivity contribution in [2.45, 2.75) is 0 Å². The Bertz CT molecular complexity index is 1500. The van der Waals surface area contributed by atoms with Crippen LogP contribution in [0.2, 0.25) is 10.0 Å². The summed E-state index contributed by atoms with van der Waals surface area (Å²) in [5, 5.41) is 1.45.